The third-order valence-corrected chi connectivity index (χ3v) is 2.59. The predicted octanol–water partition coefficient (Wildman–Crippen LogP) is 1.49. The Morgan fingerprint density at radius 2 is 2.42 bits per heavy atom. The van der Waals surface area contributed by atoms with Gasteiger partial charge in [0.15, 0.2) is 11.4 Å². The Balaban J connectivity index is 2.14. The van der Waals surface area contributed by atoms with Crippen LogP contribution in [0.4, 0.5) is 5.82 Å². The first-order valence-corrected chi connectivity index (χ1v) is 5.57. The van der Waals surface area contributed by atoms with Gasteiger partial charge in [0.05, 0.1) is 12.5 Å². The zero-order valence-electron chi connectivity index (χ0n) is 9.78. The van der Waals surface area contributed by atoms with Crippen LogP contribution in [0, 0.1) is 0 Å². The molecule has 0 spiro atoms. The number of aromatic nitrogens is 3. The van der Waals surface area contributed by atoms with Crippen LogP contribution in [0.5, 0.6) is 0 Å². The van der Waals surface area contributed by atoms with Crippen molar-refractivity contribution >= 4 is 17.4 Å². The van der Waals surface area contributed by atoms with E-state index in [1.807, 2.05) is 0 Å². The van der Waals surface area contributed by atoms with E-state index in [2.05, 4.69) is 15.3 Å². The highest BCUT2D eigenvalue weighted by molar-refractivity contribution is 5.78. The molecule has 7 heteroatoms. The maximum absolute atomic E-state index is 10.7. The van der Waals surface area contributed by atoms with Gasteiger partial charge >= 0.3 is 5.97 Å². The van der Waals surface area contributed by atoms with Crippen LogP contribution in [0.15, 0.2) is 41.4 Å². The average Bonchev–Trinajstić information content (AvgIpc) is 3.03. The summed E-state index contributed by atoms with van der Waals surface area (Å²) in [5, 5.41) is 11.6. The van der Waals surface area contributed by atoms with Crippen molar-refractivity contribution in [2.24, 2.45) is 0 Å². The van der Waals surface area contributed by atoms with Crippen LogP contribution in [0.25, 0.3) is 17.1 Å². The minimum Gasteiger partial charge on any atom is -0.480 e. The van der Waals surface area contributed by atoms with Gasteiger partial charge in [-0.2, -0.15) is 0 Å². The second kappa shape index (κ2) is 4.45. The van der Waals surface area contributed by atoms with Crippen molar-refractivity contribution in [1.29, 1.82) is 0 Å². The Bertz CT molecular complexity index is 718. The number of furan rings is 1. The van der Waals surface area contributed by atoms with E-state index < -0.39 is 5.97 Å². The number of anilines is 1. The fraction of sp³-hybridized carbons (Fsp3) is 0.0833. The minimum atomic E-state index is -0.950. The number of hydrogen-bond donors (Lipinski definition) is 2. The summed E-state index contributed by atoms with van der Waals surface area (Å²) < 4.78 is 7.04. The maximum Gasteiger partial charge on any atom is 0.322 e. The summed E-state index contributed by atoms with van der Waals surface area (Å²) in [7, 11) is 0. The van der Waals surface area contributed by atoms with Crippen molar-refractivity contribution in [1.82, 2.24) is 14.4 Å². The molecule has 0 aromatic carbocycles. The van der Waals surface area contributed by atoms with Gasteiger partial charge in [-0.1, -0.05) is 0 Å². The molecule has 3 aromatic rings. The Hall–Kier alpha value is -2.83. The molecule has 96 valence electrons. The largest absolute Gasteiger partial charge is 0.480 e. The van der Waals surface area contributed by atoms with E-state index in [1.54, 1.807) is 41.4 Å². The van der Waals surface area contributed by atoms with Crippen LogP contribution in [-0.4, -0.2) is 32.0 Å². The van der Waals surface area contributed by atoms with Crippen molar-refractivity contribution in [2.45, 2.75) is 0 Å². The fourth-order valence-corrected chi connectivity index (χ4v) is 1.82. The maximum atomic E-state index is 10.7. The van der Waals surface area contributed by atoms with E-state index >= 15 is 0 Å². The molecule has 0 saturated carbocycles. The number of carbonyl (C=O) groups is 1. The van der Waals surface area contributed by atoms with Crippen LogP contribution in [0.3, 0.4) is 0 Å². The van der Waals surface area contributed by atoms with Gasteiger partial charge in [0.1, 0.15) is 18.1 Å². The molecule has 0 radical (unpaired) electrons. The number of fused-ring (bicyclic) bond motifs is 1. The van der Waals surface area contributed by atoms with Crippen LogP contribution >= 0.6 is 0 Å². The molecule has 7 nitrogen and oxygen atoms in total. The molecule has 0 aliphatic carbocycles. The summed E-state index contributed by atoms with van der Waals surface area (Å²) in [6.07, 6.45) is 6.45. The Morgan fingerprint density at radius 1 is 1.53 bits per heavy atom. The predicted molar refractivity (Wildman–Crippen MR) is 66.8 cm³/mol. The monoisotopic (exact) mass is 258 g/mol. The van der Waals surface area contributed by atoms with E-state index in [4.69, 9.17) is 9.52 Å². The highest BCUT2D eigenvalue weighted by Crippen LogP contribution is 2.28. The zero-order valence-corrected chi connectivity index (χ0v) is 9.78. The number of imidazole rings is 1. The van der Waals surface area contributed by atoms with Gasteiger partial charge in [0.2, 0.25) is 0 Å². The lowest BCUT2D eigenvalue weighted by Gasteiger charge is -2.04. The number of aliphatic carboxylic acids is 1. The fourth-order valence-electron chi connectivity index (χ4n) is 1.82. The Kier molecular flexibility index (Phi) is 2.64. The van der Waals surface area contributed by atoms with Gasteiger partial charge in [-0.05, 0) is 12.1 Å². The molecule has 0 bridgehead atoms. The molecule has 0 fully saturated rings. The van der Waals surface area contributed by atoms with Gasteiger partial charge in [-0.25, -0.2) is 4.98 Å². The lowest BCUT2D eigenvalue weighted by molar-refractivity contribution is -0.134. The van der Waals surface area contributed by atoms with Gasteiger partial charge < -0.3 is 14.8 Å². The van der Waals surface area contributed by atoms with Crippen molar-refractivity contribution in [3.05, 3.63) is 37.0 Å². The molecule has 0 saturated heterocycles. The molecular weight excluding hydrogens is 248 g/mol. The normalized spacial score (nSPS) is 10.7. The molecule has 0 aliphatic heterocycles. The second-order valence-corrected chi connectivity index (χ2v) is 3.84. The molecule has 3 rings (SSSR count). The zero-order chi connectivity index (χ0) is 13.2. The van der Waals surface area contributed by atoms with Crippen molar-refractivity contribution in [3.63, 3.8) is 0 Å². The van der Waals surface area contributed by atoms with E-state index in [0.29, 0.717) is 22.9 Å². The van der Waals surface area contributed by atoms with Crippen LogP contribution in [0.1, 0.15) is 0 Å². The van der Waals surface area contributed by atoms with Gasteiger partial charge in [0, 0.05) is 12.4 Å². The summed E-state index contributed by atoms with van der Waals surface area (Å²) in [5.41, 5.74) is 1.17. The SMILES string of the molecule is O=C(O)CNc1c(-c2ccco2)nc2cnccn12. The van der Waals surface area contributed by atoms with Crippen LogP contribution < -0.4 is 5.32 Å². The molecule has 0 unspecified atom stereocenters. The van der Waals surface area contributed by atoms with Crippen LogP contribution in [-0.2, 0) is 4.79 Å². The molecule has 3 aromatic heterocycles. The van der Waals surface area contributed by atoms with Gasteiger partial charge in [-0.3, -0.25) is 14.2 Å². The van der Waals surface area contributed by atoms with E-state index in [0.717, 1.165) is 0 Å². The molecule has 0 atom stereocenters. The molecule has 19 heavy (non-hydrogen) atoms. The Morgan fingerprint density at radius 3 is 3.16 bits per heavy atom. The first kappa shape index (κ1) is 11.3. The minimum absolute atomic E-state index is 0.205. The highest BCUT2D eigenvalue weighted by atomic mass is 16.4. The summed E-state index contributed by atoms with van der Waals surface area (Å²) in [5.74, 6) is 0.181. The lowest BCUT2D eigenvalue weighted by Crippen LogP contribution is -2.14. The summed E-state index contributed by atoms with van der Waals surface area (Å²) in [4.78, 5) is 19.1. The molecular formula is C12H10N4O3. The van der Waals surface area contributed by atoms with Gasteiger partial charge in [-0.15, -0.1) is 0 Å². The third kappa shape index (κ3) is 2.01. The van der Waals surface area contributed by atoms with E-state index in [9.17, 15) is 4.79 Å². The molecule has 0 aliphatic rings. The summed E-state index contributed by atoms with van der Waals surface area (Å²) in [6.45, 7) is -0.205. The van der Waals surface area contributed by atoms with Crippen molar-refractivity contribution in [2.75, 3.05) is 11.9 Å². The number of nitrogens with one attached hydrogen (secondary N) is 1. The molecule has 2 N–H and O–H groups in total. The highest BCUT2D eigenvalue weighted by Gasteiger charge is 2.16. The number of carboxylic acid groups (broad SMARTS) is 1. The number of hydrogen-bond acceptors (Lipinski definition) is 5. The van der Waals surface area contributed by atoms with Crippen LogP contribution in [0.2, 0.25) is 0 Å². The summed E-state index contributed by atoms with van der Waals surface area (Å²) in [6, 6.07) is 3.51. The number of carboxylic acids is 1. The smallest absolute Gasteiger partial charge is 0.322 e. The standard InChI is InChI=1S/C12H10N4O3/c17-10(18)7-14-12-11(8-2-1-5-19-8)15-9-6-13-3-4-16(9)12/h1-6,14H,7H2,(H,17,18). The average molecular weight is 258 g/mol. The van der Waals surface area contributed by atoms with Gasteiger partial charge in [0.25, 0.3) is 0 Å². The van der Waals surface area contributed by atoms with E-state index in [-0.39, 0.29) is 6.54 Å². The van der Waals surface area contributed by atoms with E-state index in [1.165, 1.54) is 0 Å². The topological polar surface area (TPSA) is 92.7 Å². The van der Waals surface area contributed by atoms with Crippen molar-refractivity contribution in [3.8, 4) is 11.5 Å². The number of nitrogens with zero attached hydrogens (tertiary/aromatic N) is 3. The summed E-state index contributed by atoms with van der Waals surface area (Å²) >= 11 is 0. The first-order chi connectivity index (χ1) is 9.25. The molecule has 0 amide bonds. The van der Waals surface area contributed by atoms with Crippen molar-refractivity contribution < 1.29 is 14.3 Å². The Labute approximate surface area is 107 Å². The third-order valence-electron chi connectivity index (χ3n) is 2.59. The quantitative estimate of drug-likeness (QED) is 0.736. The number of rotatable bonds is 4. The lowest BCUT2D eigenvalue weighted by atomic mass is 10.3. The first-order valence-electron chi connectivity index (χ1n) is 5.57. The second-order valence-electron chi connectivity index (χ2n) is 3.84. The molecule has 3 heterocycles.